The Hall–Kier alpha value is -1.29. The Morgan fingerprint density at radius 3 is 3.15 bits per heavy atom. The molecule has 2 aromatic rings. The summed E-state index contributed by atoms with van der Waals surface area (Å²) in [5, 5.41) is 0.950. The first-order chi connectivity index (χ1) is 6.36. The first-order valence-corrected chi connectivity index (χ1v) is 5.03. The topological polar surface area (TPSA) is 36.1 Å². The van der Waals surface area contributed by atoms with E-state index in [-0.39, 0.29) is 5.91 Å². The molecule has 2 heterocycles. The number of nitrogens with zero attached hydrogens (tertiary/aromatic N) is 1. The number of rotatable bonds is 0. The number of benzene rings is 1. The van der Waals surface area contributed by atoms with E-state index >= 15 is 0 Å². The van der Waals surface area contributed by atoms with Crippen LogP contribution < -0.4 is 4.98 Å². The Morgan fingerprint density at radius 1 is 1.38 bits per heavy atom. The summed E-state index contributed by atoms with van der Waals surface area (Å²) in [5.74, 6) is 0.717. The molecule has 0 unspecified atom stereocenters. The maximum absolute atomic E-state index is 11.5. The largest absolute Gasteiger partial charge is 0.325 e. The fourth-order valence-corrected chi connectivity index (χ4v) is 2.50. The summed E-state index contributed by atoms with van der Waals surface area (Å²) in [5.41, 5.74) is 2.01. The van der Waals surface area contributed by atoms with Gasteiger partial charge in [0.15, 0.2) is 11.0 Å². The van der Waals surface area contributed by atoms with Gasteiger partial charge in [-0.3, -0.25) is 0 Å². The number of fused-ring (bicyclic) bond motifs is 3. The summed E-state index contributed by atoms with van der Waals surface area (Å²) in [6.45, 7) is 0. The van der Waals surface area contributed by atoms with Crippen LogP contribution in [0.15, 0.2) is 29.4 Å². The van der Waals surface area contributed by atoms with Crippen LogP contribution in [0.3, 0.4) is 0 Å². The van der Waals surface area contributed by atoms with E-state index in [2.05, 4.69) is 4.98 Å². The van der Waals surface area contributed by atoms with E-state index in [0.29, 0.717) is 5.75 Å². The number of hydrogen-bond donors (Lipinski definition) is 0. The van der Waals surface area contributed by atoms with Crippen molar-refractivity contribution in [3.63, 3.8) is 0 Å². The lowest BCUT2D eigenvalue weighted by molar-refractivity contribution is -0.397. The molecule has 13 heavy (non-hydrogen) atoms. The van der Waals surface area contributed by atoms with Crippen LogP contribution >= 0.6 is 11.8 Å². The molecule has 0 atom stereocenters. The minimum Gasteiger partial charge on any atom is -0.245 e. The molecule has 0 fully saturated rings. The van der Waals surface area contributed by atoms with Crippen molar-refractivity contribution in [2.45, 2.75) is 5.16 Å². The van der Waals surface area contributed by atoms with Crippen LogP contribution in [0.25, 0.3) is 11.0 Å². The van der Waals surface area contributed by atoms with Gasteiger partial charge in [-0.1, -0.05) is 12.1 Å². The van der Waals surface area contributed by atoms with Crippen molar-refractivity contribution in [1.82, 2.24) is 4.57 Å². The highest BCUT2D eigenvalue weighted by molar-refractivity contribution is 8.00. The summed E-state index contributed by atoms with van der Waals surface area (Å²) >= 11 is 1.56. The smallest absolute Gasteiger partial charge is 0.245 e. The van der Waals surface area contributed by atoms with Crippen LogP contribution in [0.1, 0.15) is 4.79 Å². The molecule has 0 saturated carbocycles. The average Bonchev–Trinajstić information content (AvgIpc) is 2.66. The van der Waals surface area contributed by atoms with Gasteiger partial charge < -0.3 is 0 Å². The van der Waals surface area contributed by atoms with Crippen LogP contribution in [-0.2, 0) is 0 Å². The number of imidazole rings is 1. The molecule has 64 valence electrons. The molecule has 0 amide bonds. The number of carbonyl (C=O) groups excluding carboxylic acids is 1. The quantitative estimate of drug-likeness (QED) is 0.627. The number of para-hydroxylation sites is 2. The number of nitrogens with one attached hydrogen (secondary N) is 1. The van der Waals surface area contributed by atoms with E-state index in [0.717, 1.165) is 16.2 Å². The Labute approximate surface area is 78.8 Å². The zero-order chi connectivity index (χ0) is 8.84. The molecule has 1 N–H and O–H groups in total. The third kappa shape index (κ3) is 0.862. The van der Waals surface area contributed by atoms with Crippen molar-refractivity contribution in [3.8, 4) is 0 Å². The molecule has 0 bridgehead atoms. The molecule has 0 spiro atoms. The Morgan fingerprint density at radius 2 is 2.23 bits per heavy atom. The number of aromatic amines is 1. The van der Waals surface area contributed by atoms with Crippen LogP contribution in [0.5, 0.6) is 0 Å². The SMILES string of the molecule is O=C1CSc2[nH+]c3ccccc3n21. The van der Waals surface area contributed by atoms with E-state index < -0.39 is 0 Å². The van der Waals surface area contributed by atoms with Crippen LogP contribution in [0, 0.1) is 0 Å². The van der Waals surface area contributed by atoms with Gasteiger partial charge >= 0.3 is 11.1 Å². The number of aromatic nitrogens is 2. The second kappa shape index (κ2) is 2.35. The van der Waals surface area contributed by atoms with Crippen molar-refractivity contribution >= 4 is 28.7 Å². The lowest BCUT2D eigenvalue weighted by Crippen LogP contribution is -2.07. The minimum atomic E-state index is 0.164. The van der Waals surface area contributed by atoms with E-state index in [4.69, 9.17) is 0 Å². The second-order valence-electron chi connectivity index (χ2n) is 2.97. The van der Waals surface area contributed by atoms with Crippen molar-refractivity contribution in [3.05, 3.63) is 24.3 Å². The van der Waals surface area contributed by atoms with Gasteiger partial charge in [-0.15, -0.1) is 0 Å². The Kier molecular flexibility index (Phi) is 1.29. The predicted molar refractivity (Wildman–Crippen MR) is 49.8 cm³/mol. The second-order valence-corrected chi connectivity index (χ2v) is 3.93. The number of carbonyl (C=O) groups is 1. The zero-order valence-corrected chi connectivity index (χ0v) is 7.60. The number of H-pyrrole nitrogens is 1. The normalized spacial score (nSPS) is 15.2. The molecule has 1 aromatic heterocycles. The highest BCUT2D eigenvalue weighted by atomic mass is 32.2. The van der Waals surface area contributed by atoms with Gasteiger partial charge in [-0.25, -0.2) is 9.78 Å². The summed E-state index contributed by atoms with van der Waals surface area (Å²) in [7, 11) is 0. The molecule has 0 radical (unpaired) electrons. The van der Waals surface area contributed by atoms with Crippen molar-refractivity contribution < 1.29 is 9.78 Å². The molecule has 1 aromatic carbocycles. The Bertz CT molecular complexity index is 503. The van der Waals surface area contributed by atoms with Gasteiger partial charge in [0.1, 0.15) is 5.75 Å². The monoisotopic (exact) mass is 191 g/mol. The van der Waals surface area contributed by atoms with Gasteiger partial charge in [-0.05, 0) is 23.9 Å². The average molecular weight is 191 g/mol. The molecule has 4 heteroatoms. The fourth-order valence-electron chi connectivity index (χ4n) is 1.60. The summed E-state index contributed by atoms with van der Waals surface area (Å²) in [6.07, 6.45) is 0. The van der Waals surface area contributed by atoms with E-state index in [9.17, 15) is 4.79 Å². The van der Waals surface area contributed by atoms with E-state index in [1.165, 1.54) is 0 Å². The lowest BCUT2D eigenvalue weighted by atomic mass is 10.3. The summed E-state index contributed by atoms with van der Waals surface area (Å²) in [4.78, 5) is 14.7. The Balaban J connectivity index is 2.46. The molecular weight excluding hydrogens is 184 g/mol. The van der Waals surface area contributed by atoms with Crippen molar-refractivity contribution in [2.24, 2.45) is 0 Å². The number of hydrogen-bond acceptors (Lipinski definition) is 2. The lowest BCUT2D eigenvalue weighted by Gasteiger charge is -1.85. The summed E-state index contributed by atoms with van der Waals surface area (Å²) < 4.78 is 1.75. The van der Waals surface area contributed by atoms with Gasteiger partial charge in [0.2, 0.25) is 0 Å². The van der Waals surface area contributed by atoms with E-state index in [1.807, 2.05) is 24.3 Å². The van der Waals surface area contributed by atoms with Crippen molar-refractivity contribution in [1.29, 1.82) is 0 Å². The number of thioether (sulfide) groups is 1. The highest BCUT2D eigenvalue weighted by Gasteiger charge is 2.31. The first-order valence-electron chi connectivity index (χ1n) is 4.05. The third-order valence-electron chi connectivity index (χ3n) is 2.17. The molecule has 3 rings (SSSR count). The molecule has 1 aliphatic rings. The third-order valence-corrected chi connectivity index (χ3v) is 3.12. The van der Waals surface area contributed by atoms with Gasteiger partial charge in [0.25, 0.3) is 0 Å². The standard InChI is InChI=1S/C9H6N2OS/c12-8-5-13-9-10-6-3-1-2-4-7(6)11(8)9/h1-4H,5H2/p+1. The predicted octanol–water partition coefficient (Wildman–Crippen LogP) is 1.20. The van der Waals surface area contributed by atoms with Crippen LogP contribution in [0.4, 0.5) is 0 Å². The molecule has 3 nitrogen and oxygen atoms in total. The molecule has 0 saturated heterocycles. The minimum absolute atomic E-state index is 0.164. The van der Waals surface area contributed by atoms with Gasteiger partial charge in [-0.2, -0.15) is 4.57 Å². The maximum Gasteiger partial charge on any atom is 0.325 e. The highest BCUT2D eigenvalue weighted by Crippen LogP contribution is 2.26. The van der Waals surface area contributed by atoms with Crippen molar-refractivity contribution in [2.75, 3.05) is 5.75 Å². The summed E-state index contributed by atoms with van der Waals surface area (Å²) in [6, 6.07) is 7.84. The van der Waals surface area contributed by atoms with Gasteiger partial charge in [0.05, 0.1) is 0 Å². The van der Waals surface area contributed by atoms with Gasteiger partial charge in [0, 0.05) is 0 Å². The van der Waals surface area contributed by atoms with E-state index in [1.54, 1.807) is 16.3 Å². The molecule has 0 aliphatic carbocycles. The molecular formula is C9H7N2OS+. The van der Waals surface area contributed by atoms with Crippen LogP contribution in [0.2, 0.25) is 0 Å². The molecule has 1 aliphatic heterocycles. The fraction of sp³-hybridized carbons (Fsp3) is 0.111. The zero-order valence-electron chi connectivity index (χ0n) is 6.78. The van der Waals surface area contributed by atoms with Crippen LogP contribution in [-0.4, -0.2) is 16.2 Å². The first kappa shape index (κ1) is 7.15. The maximum atomic E-state index is 11.5.